The van der Waals surface area contributed by atoms with Gasteiger partial charge < -0.3 is 23.7 Å². The highest BCUT2D eigenvalue weighted by molar-refractivity contribution is 5.79. The molecule has 0 heterocycles. The van der Waals surface area contributed by atoms with E-state index >= 15 is 0 Å². The van der Waals surface area contributed by atoms with E-state index in [1.165, 1.54) is 0 Å². The minimum absolute atomic E-state index is 0.0331. The van der Waals surface area contributed by atoms with Gasteiger partial charge in [-0.2, -0.15) is 0 Å². The molecule has 0 spiro atoms. The predicted molar refractivity (Wildman–Crippen MR) is 127 cm³/mol. The van der Waals surface area contributed by atoms with E-state index in [2.05, 4.69) is 0 Å². The van der Waals surface area contributed by atoms with Crippen molar-refractivity contribution in [3.05, 3.63) is 77.9 Å². The quantitative estimate of drug-likeness (QED) is 0.298. The van der Waals surface area contributed by atoms with Crippen LogP contribution < -0.4 is 23.7 Å². The van der Waals surface area contributed by atoms with Crippen LogP contribution in [-0.2, 0) is 22.4 Å². The number of benzene rings is 3. The molecule has 0 amide bonds. The lowest BCUT2D eigenvalue weighted by atomic mass is 10.1. The van der Waals surface area contributed by atoms with Crippen molar-refractivity contribution >= 4 is 11.9 Å². The molecule has 0 unspecified atom stereocenters. The third kappa shape index (κ3) is 7.00. The molecule has 3 aromatic rings. The first kappa shape index (κ1) is 24.6. The van der Waals surface area contributed by atoms with Gasteiger partial charge in [0.1, 0.15) is 11.5 Å². The fraction of sp³-hybridized carbons (Fsp3) is 0.259. The predicted octanol–water partition coefficient (Wildman–Crippen LogP) is 4.79. The SMILES string of the molecule is CCCOc1cccc(OC(=O)Cc2ccc(OC)cc2)c1OC(=O)Cc1ccc(OC)cc1. The molecule has 34 heavy (non-hydrogen) atoms. The Morgan fingerprint density at radius 2 is 1.18 bits per heavy atom. The summed E-state index contributed by atoms with van der Waals surface area (Å²) in [6.07, 6.45) is 0.843. The highest BCUT2D eigenvalue weighted by atomic mass is 16.6. The zero-order valence-electron chi connectivity index (χ0n) is 19.5. The number of methoxy groups -OCH3 is 2. The van der Waals surface area contributed by atoms with Crippen LogP contribution in [0.3, 0.4) is 0 Å². The molecule has 0 aromatic heterocycles. The molecule has 0 saturated carbocycles. The van der Waals surface area contributed by atoms with Crippen LogP contribution in [0, 0.1) is 0 Å². The van der Waals surface area contributed by atoms with Gasteiger partial charge in [-0.25, -0.2) is 0 Å². The zero-order valence-corrected chi connectivity index (χ0v) is 19.5. The van der Waals surface area contributed by atoms with Gasteiger partial charge in [0, 0.05) is 0 Å². The van der Waals surface area contributed by atoms with E-state index in [0.29, 0.717) is 23.9 Å². The summed E-state index contributed by atoms with van der Waals surface area (Å²) in [6.45, 7) is 2.39. The monoisotopic (exact) mass is 464 g/mol. The van der Waals surface area contributed by atoms with Crippen molar-refractivity contribution in [2.45, 2.75) is 26.2 Å². The van der Waals surface area contributed by atoms with E-state index < -0.39 is 11.9 Å². The molecule has 0 aliphatic rings. The lowest BCUT2D eigenvalue weighted by Gasteiger charge is -2.15. The average Bonchev–Trinajstić information content (AvgIpc) is 2.85. The minimum Gasteiger partial charge on any atom is -0.497 e. The maximum absolute atomic E-state index is 12.7. The number of esters is 2. The maximum Gasteiger partial charge on any atom is 0.315 e. The lowest BCUT2D eigenvalue weighted by Crippen LogP contribution is -2.16. The second-order valence-corrected chi connectivity index (χ2v) is 7.43. The topological polar surface area (TPSA) is 80.3 Å². The van der Waals surface area contributed by atoms with Crippen molar-refractivity contribution in [1.29, 1.82) is 0 Å². The molecule has 0 aliphatic heterocycles. The van der Waals surface area contributed by atoms with Crippen molar-refractivity contribution < 1.29 is 33.3 Å². The van der Waals surface area contributed by atoms with Crippen LogP contribution in [0.4, 0.5) is 0 Å². The number of carbonyl (C=O) groups is 2. The second kappa shape index (κ2) is 12.3. The molecule has 0 N–H and O–H groups in total. The fourth-order valence-corrected chi connectivity index (χ4v) is 3.13. The van der Waals surface area contributed by atoms with E-state index in [1.54, 1.807) is 80.9 Å². The Balaban J connectivity index is 1.75. The van der Waals surface area contributed by atoms with Crippen molar-refractivity contribution in [3.63, 3.8) is 0 Å². The van der Waals surface area contributed by atoms with Crippen molar-refractivity contribution in [3.8, 4) is 28.7 Å². The van der Waals surface area contributed by atoms with Gasteiger partial charge in [-0.15, -0.1) is 0 Å². The largest absolute Gasteiger partial charge is 0.497 e. The Bertz CT molecular complexity index is 1090. The van der Waals surface area contributed by atoms with E-state index in [4.69, 9.17) is 23.7 Å². The van der Waals surface area contributed by atoms with Gasteiger partial charge in [0.05, 0.1) is 33.7 Å². The molecule has 0 atom stereocenters. The van der Waals surface area contributed by atoms with Crippen LogP contribution in [0.5, 0.6) is 28.7 Å². The third-order valence-corrected chi connectivity index (χ3v) is 4.86. The minimum atomic E-state index is -0.509. The summed E-state index contributed by atoms with van der Waals surface area (Å²) in [5.74, 6) is 0.924. The summed E-state index contributed by atoms with van der Waals surface area (Å²) < 4.78 is 27.2. The molecular weight excluding hydrogens is 436 g/mol. The number of para-hydroxylation sites is 1. The number of hydrogen-bond donors (Lipinski definition) is 0. The first-order valence-electron chi connectivity index (χ1n) is 11.0. The molecule has 0 radical (unpaired) electrons. The van der Waals surface area contributed by atoms with Crippen molar-refractivity contribution in [1.82, 2.24) is 0 Å². The first-order chi connectivity index (χ1) is 16.5. The molecule has 7 heteroatoms. The number of carbonyl (C=O) groups excluding carboxylic acids is 2. The van der Waals surface area contributed by atoms with E-state index in [0.717, 1.165) is 17.5 Å². The van der Waals surface area contributed by atoms with Gasteiger partial charge in [-0.05, 0) is 53.9 Å². The molecule has 0 fully saturated rings. The molecule has 3 rings (SSSR count). The molecule has 0 bridgehead atoms. The maximum atomic E-state index is 12.7. The highest BCUT2D eigenvalue weighted by Gasteiger charge is 2.19. The van der Waals surface area contributed by atoms with Crippen LogP contribution >= 0.6 is 0 Å². The Morgan fingerprint density at radius 1 is 0.676 bits per heavy atom. The Kier molecular flexibility index (Phi) is 8.91. The fourth-order valence-electron chi connectivity index (χ4n) is 3.13. The van der Waals surface area contributed by atoms with Crippen LogP contribution in [0.25, 0.3) is 0 Å². The Hall–Kier alpha value is -4.00. The molecule has 0 aliphatic carbocycles. The summed E-state index contributed by atoms with van der Waals surface area (Å²) in [7, 11) is 3.16. The number of ether oxygens (including phenoxy) is 5. The second-order valence-electron chi connectivity index (χ2n) is 7.43. The molecule has 7 nitrogen and oxygen atoms in total. The van der Waals surface area contributed by atoms with Gasteiger partial charge in [-0.3, -0.25) is 9.59 Å². The van der Waals surface area contributed by atoms with Crippen molar-refractivity contribution in [2.75, 3.05) is 20.8 Å². The summed E-state index contributed by atoms with van der Waals surface area (Å²) in [6, 6.07) is 19.2. The molecule has 178 valence electrons. The third-order valence-electron chi connectivity index (χ3n) is 4.86. The van der Waals surface area contributed by atoms with Crippen LogP contribution in [-0.4, -0.2) is 32.8 Å². The average molecular weight is 465 g/mol. The summed E-state index contributed by atoms with van der Waals surface area (Å²) >= 11 is 0. The molecule has 0 saturated heterocycles. The summed E-state index contributed by atoms with van der Waals surface area (Å²) in [5.41, 5.74) is 1.53. The summed E-state index contributed by atoms with van der Waals surface area (Å²) in [4.78, 5) is 25.3. The zero-order chi connectivity index (χ0) is 24.3. The van der Waals surface area contributed by atoms with E-state index in [1.807, 2.05) is 6.92 Å². The number of rotatable bonds is 11. The highest BCUT2D eigenvalue weighted by Crippen LogP contribution is 2.38. The van der Waals surface area contributed by atoms with Gasteiger partial charge in [0.15, 0.2) is 11.5 Å². The van der Waals surface area contributed by atoms with E-state index in [9.17, 15) is 9.59 Å². The Labute approximate surface area is 199 Å². The van der Waals surface area contributed by atoms with E-state index in [-0.39, 0.29) is 24.3 Å². The first-order valence-corrected chi connectivity index (χ1v) is 11.0. The smallest absolute Gasteiger partial charge is 0.315 e. The van der Waals surface area contributed by atoms with Gasteiger partial charge >= 0.3 is 11.9 Å². The standard InChI is InChI=1S/C27H28O7/c1-4-16-32-23-6-5-7-24(33-25(28)17-19-8-12-21(30-2)13-9-19)27(23)34-26(29)18-20-10-14-22(31-3)15-11-20/h5-15H,4,16-18H2,1-3H3. The van der Waals surface area contributed by atoms with Gasteiger partial charge in [0.2, 0.25) is 5.75 Å². The van der Waals surface area contributed by atoms with Gasteiger partial charge in [0.25, 0.3) is 0 Å². The normalized spacial score (nSPS) is 10.3. The van der Waals surface area contributed by atoms with Gasteiger partial charge in [-0.1, -0.05) is 37.3 Å². The van der Waals surface area contributed by atoms with Crippen LogP contribution in [0.1, 0.15) is 24.5 Å². The van der Waals surface area contributed by atoms with Crippen LogP contribution in [0.2, 0.25) is 0 Å². The number of hydrogen-bond acceptors (Lipinski definition) is 7. The lowest BCUT2D eigenvalue weighted by molar-refractivity contribution is -0.136. The summed E-state index contributed by atoms with van der Waals surface area (Å²) in [5, 5.41) is 0. The molecular formula is C27H28O7. The van der Waals surface area contributed by atoms with Crippen LogP contribution in [0.15, 0.2) is 66.7 Å². The van der Waals surface area contributed by atoms with Crippen molar-refractivity contribution in [2.24, 2.45) is 0 Å². The molecule has 3 aromatic carbocycles. The Morgan fingerprint density at radius 3 is 1.68 bits per heavy atom.